The third kappa shape index (κ3) is 1.05. The monoisotopic (exact) mass is 162 g/mol. The van der Waals surface area contributed by atoms with Crippen molar-refractivity contribution in [3.8, 4) is 11.1 Å². The molecular weight excluding hydrogens is 152 g/mol. The average Bonchev–Trinajstić information content (AvgIpc) is 2.47. The molecule has 0 aromatic heterocycles. The first kappa shape index (κ1) is 6.86. The van der Waals surface area contributed by atoms with Crippen molar-refractivity contribution in [3.05, 3.63) is 34.5 Å². The topological polar surface area (TPSA) is 0 Å². The molecule has 0 N–H and O–H groups in total. The first-order valence-corrected chi connectivity index (χ1v) is 4.80. The number of hydrogen-bond donors (Lipinski definition) is 0. The Kier molecular flexibility index (Phi) is 1.66. The summed E-state index contributed by atoms with van der Waals surface area (Å²) in [6, 6.07) is 6.63. The van der Waals surface area contributed by atoms with Gasteiger partial charge in [0, 0.05) is 0 Å². The van der Waals surface area contributed by atoms with E-state index in [0.717, 1.165) is 6.42 Å². The fourth-order valence-corrected chi connectivity index (χ4v) is 2.03. The summed E-state index contributed by atoms with van der Waals surface area (Å²) in [6.07, 6.45) is 1.14. The van der Waals surface area contributed by atoms with Crippen LogP contribution in [-0.4, -0.2) is 0 Å². The quantitative estimate of drug-likeness (QED) is 0.602. The van der Waals surface area contributed by atoms with Gasteiger partial charge in [-0.25, -0.2) is 0 Å². The minimum atomic E-state index is 1.14. The second-order valence-corrected chi connectivity index (χ2v) is 3.42. The molecular formula is C10H10S. The van der Waals surface area contributed by atoms with Crippen LogP contribution in [0.3, 0.4) is 0 Å². The van der Waals surface area contributed by atoms with Crippen LogP contribution in [0.5, 0.6) is 0 Å². The summed E-state index contributed by atoms with van der Waals surface area (Å²) in [5.74, 6) is 0. The van der Waals surface area contributed by atoms with Crippen LogP contribution < -0.4 is 0 Å². The molecule has 0 amide bonds. The lowest BCUT2D eigenvalue weighted by atomic mass is 10.1. The van der Waals surface area contributed by atoms with Gasteiger partial charge in [0.15, 0.2) is 0 Å². The van der Waals surface area contributed by atoms with Gasteiger partial charge in [0.25, 0.3) is 0 Å². The van der Waals surface area contributed by atoms with E-state index in [1.54, 1.807) is 11.3 Å². The third-order valence-electron chi connectivity index (χ3n) is 2.01. The lowest BCUT2D eigenvalue weighted by Gasteiger charge is -1.98. The predicted molar refractivity (Wildman–Crippen MR) is 50.3 cm³/mol. The van der Waals surface area contributed by atoms with E-state index in [2.05, 4.69) is 35.9 Å². The maximum atomic E-state index is 2.22. The van der Waals surface area contributed by atoms with Crippen LogP contribution in [0.4, 0.5) is 0 Å². The van der Waals surface area contributed by atoms with Gasteiger partial charge in [0.1, 0.15) is 0 Å². The van der Waals surface area contributed by atoms with E-state index in [9.17, 15) is 0 Å². The average molecular weight is 162 g/mol. The van der Waals surface area contributed by atoms with Crippen molar-refractivity contribution in [3.63, 3.8) is 0 Å². The number of fused-ring (bicyclic) bond motifs is 1. The van der Waals surface area contributed by atoms with Crippen molar-refractivity contribution < 1.29 is 0 Å². The van der Waals surface area contributed by atoms with E-state index in [4.69, 9.17) is 0 Å². The van der Waals surface area contributed by atoms with E-state index >= 15 is 0 Å². The van der Waals surface area contributed by atoms with Crippen molar-refractivity contribution in [1.29, 1.82) is 0 Å². The highest BCUT2D eigenvalue weighted by molar-refractivity contribution is 7.07. The van der Waals surface area contributed by atoms with Crippen molar-refractivity contribution in [2.45, 2.75) is 13.3 Å². The Morgan fingerprint density at radius 2 is 2.18 bits per heavy atom. The number of hydrogen-bond acceptors (Lipinski definition) is 1. The van der Waals surface area contributed by atoms with Gasteiger partial charge in [0.2, 0.25) is 0 Å². The minimum Gasteiger partial charge on any atom is -0.152 e. The number of rotatable bonds is 1. The molecule has 0 aromatic rings. The Morgan fingerprint density at radius 3 is 3.00 bits per heavy atom. The van der Waals surface area contributed by atoms with Gasteiger partial charge in [-0.15, -0.1) is 0 Å². The van der Waals surface area contributed by atoms with Crippen molar-refractivity contribution in [2.75, 3.05) is 0 Å². The normalized spacial score (nSPS) is 10.6. The van der Waals surface area contributed by atoms with Crippen LogP contribution in [0.2, 0.25) is 0 Å². The van der Waals surface area contributed by atoms with Gasteiger partial charge in [-0.05, 0) is 39.9 Å². The molecule has 0 spiro atoms. The Hall–Kier alpha value is -0.820. The Bertz CT molecular complexity index is 322. The van der Waals surface area contributed by atoms with Crippen molar-refractivity contribution in [1.82, 2.24) is 0 Å². The molecule has 0 unspecified atom stereocenters. The zero-order valence-electron chi connectivity index (χ0n) is 6.50. The summed E-state index contributed by atoms with van der Waals surface area (Å²) in [6.45, 7) is 2.20. The van der Waals surface area contributed by atoms with Crippen LogP contribution in [0, 0.1) is 0 Å². The first-order chi connectivity index (χ1) is 5.42. The molecule has 0 fully saturated rings. The second kappa shape index (κ2) is 2.67. The maximum Gasteiger partial charge on any atom is -0.00149 e. The third-order valence-corrected chi connectivity index (χ3v) is 2.69. The first-order valence-electron chi connectivity index (χ1n) is 3.85. The molecule has 1 heteroatoms. The van der Waals surface area contributed by atoms with Crippen LogP contribution in [0.15, 0.2) is 29.0 Å². The molecule has 1 heterocycles. The molecule has 1 aliphatic heterocycles. The fourth-order valence-electron chi connectivity index (χ4n) is 1.39. The van der Waals surface area contributed by atoms with Gasteiger partial charge < -0.3 is 0 Å². The summed E-state index contributed by atoms with van der Waals surface area (Å²) in [7, 11) is 0. The highest BCUT2D eigenvalue weighted by atomic mass is 32.1. The molecule has 1 aliphatic carbocycles. The van der Waals surface area contributed by atoms with Crippen LogP contribution >= 0.6 is 11.3 Å². The molecule has 0 aromatic carbocycles. The smallest absolute Gasteiger partial charge is 0.00149 e. The minimum absolute atomic E-state index is 1.14. The van der Waals surface area contributed by atoms with E-state index in [1.807, 2.05) is 0 Å². The molecule has 0 saturated carbocycles. The zero-order chi connectivity index (χ0) is 7.68. The van der Waals surface area contributed by atoms with Crippen LogP contribution in [0.25, 0.3) is 11.1 Å². The predicted octanol–water partition coefficient (Wildman–Crippen LogP) is 3.42. The van der Waals surface area contributed by atoms with E-state index < -0.39 is 0 Å². The molecule has 0 radical (unpaired) electrons. The summed E-state index contributed by atoms with van der Waals surface area (Å²) in [5, 5.41) is 4.34. The van der Waals surface area contributed by atoms with Crippen molar-refractivity contribution >= 4 is 11.3 Å². The Balaban J connectivity index is 2.64. The molecule has 0 bridgehead atoms. The molecule has 0 saturated heterocycles. The standard InChI is InChI=1S/C10H10S/c1-2-8-3-4-9-7-11-6-5-10(8)9/h3-7H,2H2,1H3. The summed E-state index contributed by atoms with van der Waals surface area (Å²) in [5.41, 5.74) is 4.27. The van der Waals surface area contributed by atoms with Gasteiger partial charge in [0.05, 0.1) is 0 Å². The van der Waals surface area contributed by atoms with Gasteiger partial charge in [-0.1, -0.05) is 19.1 Å². The Morgan fingerprint density at radius 1 is 1.27 bits per heavy atom. The zero-order valence-corrected chi connectivity index (χ0v) is 7.32. The summed E-state index contributed by atoms with van der Waals surface area (Å²) >= 11 is 1.76. The van der Waals surface area contributed by atoms with Gasteiger partial charge in [-0.3, -0.25) is 0 Å². The summed E-state index contributed by atoms with van der Waals surface area (Å²) < 4.78 is 0. The maximum absolute atomic E-state index is 2.22. The lowest BCUT2D eigenvalue weighted by molar-refractivity contribution is 1.16. The molecule has 2 aliphatic rings. The molecule has 56 valence electrons. The van der Waals surface area contributed by atoms with Gasteiger partial charge in [-0.2, -0.15) is 11.3 Å². The second-order valence-electron chi connectivity index (χ2n) is 2.64. The fraction of sp³-hybridized carbons (Fsp3) is 0.200. The number of aryl methyl sites for hydroxylation is 1. The van der Waals surface area contributed by atoms with Crippen molar-refractivity contribution in [2.24, 2.45) is 0 Å². The molecule has 11 heavy (non-hydrogen) atoms. The van der Waals surface area contributed by atoms with E-state index in [-0.39, 0.29) is 0 Å². The highest BCUT2D eigenvalue weighted by Crippen LogP contribution is 2.28. The Labute approximate surface area is 70.8 Å². The van der Waals surface area contributed by atoms with Gasteiger partial charge >= 0.3 is 0 Å². The highest BCUT2D eigenvalue weighted by Gasteiger charge is 2.05. The summed E-state index contributed by atoms with van der Waals surface area (Å²) in [4.78, 5) is 0. The largest absolute Gasteiger partial charge is 0.152 e. The molecule has 2 rings (SSSR count). The van der Waals surface area contributed by atoms with E-state index in [1.165, 1.54) is 16.7 Å². The molecule has 0 nitrogen and oxygen atoms in total. The SMILES string of the molecule is CCc1ccc2csccc1-2. The lowest BCUT2D eigenvalue weighted by Crippen LogP contribution is -1.77. The molecule has 0 atom stereocenters. The van der Waals surface area contributed by atoms with E-state index in [0.29, 0.717) is 0 Å². The van der Waals surface area contributed by atoms with Crippen LogP contribution in [-0.2, 0) is 6.42 Å². The van der Waals surface area contributed by atoms with Crippen LogP contribution in [0.1, 0.15) is 12.5 Å².